The van der Waals surface area contributed by atoms with Crippen LogP contribution >= 0.6 is 34.8 Å². The van der Waals surface area contributed by atoms with Crippen molar-refractivity contribution < 1.29 is 4.84 Å². The van der Waals surface area contributed by atoms with E-state index in [9.17, 15) is 0 Å². The van der Waals surface area contributed by atoms with Crippen LogP contribution in [0.4, 0.5) is 0 Å². The standard InChI is InChI=1S/C10H10Cl3NO/c11-5-6-4-9(14-15-6)10-7(12)2-1-3-8(10)13/h1-3,6,9,14H,4-5H2. The van der Waals surface area contributed by atoms with Crippen LogP contribution in [0.5, 0.6) is 0 Å². The van der Waals surface area contributed by atoms with Crippen LogP contribution in [0.2, 0.25) is 10.0 Å². The largest absolute Gasteiger partial charge is 0.297 e. The van der Waals surface area contributed by atoms with Crippen LogP contribution in [0.25, 0.3) is 0 Å². The summed E-state index contributed by atoms with van der Waals surface area (Å²) in [7, 11) is 0. The van der Waals surface area contributed by atoms with Crippen LogP contribution in [-0.2, 0) is 4.84 Å². The molecule has 0 aromatic heterocycles. The molecule has 15 heavy (non-hydrogen) atoms. The Balaban J connectivity index is 2.23. The van der Waals surface area contributed by atoms with E-state index in [2.05, 4.69) is 5.48 Å². The maximum atomic E-state index is 6.09. The fraction of sp³-hybridized carbons (Fsp3) is 0.400. The van der Waals surface area contributed by atoms with Crippen molar-refractivity contribution in [2.75, 3.05) is 5.88 Å². The topological polar surface area (TPSA) is 21.3 Å². The molecule has 1 fully saturated rings. The molecule has 1 aromatic carbocycles. The number of hydroxylamine groups is 1. The maximum absolute atomic E-state index is 6.09. The van der Waals surface area contributed by atoms with Crippen molar-refractivity contribution in [2.45, 2.75) is 18.6 Å². The first-order chi connectivity index (χ1) is 7.22. The van der Waals surface area contributed by atoms with E-state index in [-0.39, 0.29) is 12.1 Å². The summed E-state index contributed by atoms with van der Waals surface area (Å²) in [5, 5.41) is 1.30. The molecule has 0 bridgehead atoms. The first kappa shape index (κ1) is 11.5. The van der Waals surface area contributed by atoms with Gasteiger partial charge in [-0.25, -0.2) is 0 Å². The molecule has 0 spiro atoms. The molecule has 2 nitrogen and oxygen atoms in total. The van der Waals surface area contributed by atoms with E-state index in [1.165, 1.54) is 0 Å². The summed E-state index contributed by atoms with van der Waals surface area (Å²) in [6, 6.07) is 5.48. The van der Waals surface area contributed by atoms with Gasteiger partial charge in [-0.05, 0) is 18.6 Å². The average Bonchev–Trinajstić information content (AvgIpc) is 2.66. The second-order valence-electron chi connectivity index (χ2n) is 3.44. The molecule has 2 unspecified atom stereocenters. The Morgan fingerprint density at radius 2 is 2.00 bits per heavy atom. The van der Waals surface area contributed by atoms with Gasteiger partial charge in [-0.2, -0.15) is 5.48 Å². The predicted octanol–water partition coefficient (Wildman–Crippen LogP) is 3.57. The Morgan fingerprint density at radius 3 is 2.53 bits per heavy atom. The normalized spacial score (nSPS) is 25.8. The van der Waals surface area contributed by atoms with E-state index in [4.69, 9.17) is 39.6 Å². The van der Waals surface area contributed by atoms with E-state index in [1.807, 2.05) is 18.2 Å². The van der Waals surface area contributed by atoms with Gasteiger partial charge in [0.1, 0.15) is 0 Å². The van der Waals surface area contributed by atoms with Gasteiger partial charge in [-0.15, -0.1) is 11.6 Å². The fourth-order valence-electron chi connectivity index (χ4n) is 1.65. The zero-order valence-electron chi connectivity index (χ0n) is 7.84. The molecule has 1 heterocycles. The average molecular weight is 267 g/mol. The molecular weight excluding hydrogens is 256 g/mol. The van der Waals surface area contributed by atoms with Crippen molar-refractivity contribution >= 4 is 34.8 Å². The summed E-state index contributed by atoms with van der Waals surface area (Å²) >= 11 is 17.9. The van der Waals surface area contributed by atoms with Gasteiger partial charge in [0.05, 0.1) is 18.0 Å². The zero-order valence-corrected chi connectivity index (χ0v) is 10.1. The highest BCUT2D eigenvalue weighted by molar-refractivity contribution is 6.36. The van der Waals surface area contributed by atoms with E-state index >= 15 is 0 Å². The molecule has 1 N–H and O–H groups in total. The zero-order chi connectivity index (χ0) is 10.8. The summed E-state index contributed by atoms with van der Waals surface area (Å²) in [5.41, 5.74) is 3.79. The fourth-order valence-corrected chi connectivity index (χ4v) is 2.50. The van der Waals surface area contributed by atoms with Crippen molar-refractivity contribution in [2.24, 2.45) is 0 Å². The lowest BCUT2D eigenvalue weighted by molar-refractivity contribution is 0.0382. The molecule has 0 aliphatic carbocycles. The molecule has 1 aliphatic rings. The third-order valence-corrected chi connectivity index (χ3v) is 3.40. The van der Waals surface area contributed by atoms with Crippen molar-refractivity contribution in [1.82, 2.24) is 5.48 Å². The van der Waals surface area contributed by atoms with Gasteiger partial charge in [0, 0.05) is 15.6 Å². The van der Waals surface area contributed by atoms with E-state index < -0.39 is 0 Å². The van der Waals surface area contributed by atoms with Crippen molar-refractivity contribution in [1.29, 1.82) is 0 Å². The molecule has 1 aromatic rings. The minimum atomic E-state index is 0.0176. The third kappa shape index (κ3) is 2.40. The molecule has 2 rings (SSSR count). The van der Waals surface area contributed by atoms with Crippen LogP contribution in [0.1, 0.15) is 18.0 Å². The van der Waals surface area contributed by atoms with Crippen LogP contribution in [0.3, 0.4) is 0 Å². The van der Waals surface area contributed by atoms with Crippen molar-refractivity contribution in [3.05, 3.63) is 33.8 Å². The third-order valence-electron chi connectivity index (χ3n) is 2.40. The molecule has 0 saturated carbocycles. The van der Waals surface area contributed by atoms with Gasteiger partial charge in [-0.3, -0.25) is 4.84 Å². The number of hydrogen-bond acceptors (Lipinski definition) is 2. The maximum Gasteiger partial charge on any atom is 0.0944 e. The molecule has 0 amide bonds. The molecule has 82 valence electrons. The second-order valence-corrected chi connectivity index (χ2v) is 4.56. The van der Waals surface area contributed by atoms with Gasteiger partial charge in [0.15, 0.2) is 0 Å². The lowest BCUT2D eigenvalue weighted by Gasteiger charge is -2.12. The Hall–Kier alpha value is 0.01000. The predicted molar refractivity (Wildman–Crippen MR) is 62.5 cm³/mol. The molecule has 5 heteroatoms. The second kappa shape index (κ2) is 4.89. The van der Waals surface area contributed by atoms with Crippen LogP contribution in [0, 0.1) is 0 Å². The molecule has 1 aliphatic heterocycles. The van der Waals surface area contributed by atoms with Crippen LogP contribution in [-0.4, -0.2) is 12.0 Å². The SMILES string of the molecule is ClCC1CC(c2c(Cl)cccc2Cl)NO1. The summed E-state index contributed by atoms with van der Waals surface area (Å²) in [5.74, 6) is 0.464. The Kier molecular flexibility index (Phi) is 3.75. The molecule has 2 atom stereocenters. The van der Waals surface area contributed by atoms with Gasteiger partial charge < -0.3 is 0 Å². The Bertz CT molecular complexity index is 338. The number of benzene rings is 1. The summed E-state index contributed by atoms with van der Waals surface area (Å²) in [6.07, 6.45) is 0.802. The number of rotatable bonds is 2. The van der Waals surface area contributed by atoms with Gasteiger partial charge in [0.2, 0.25) is 0 Å². The monoisotopic (exact) mass is 265 g/mol. The van der Waals surface area contributed by atoms with Crippen LogP contribution in [0.15, 0.2) is 18.2 Å². The highest BCUT2D eigenvalue weighted by atomic mass is 35.5. The highest BCUT2D eigenvalue weighted by Gasteiger charge is 2.28. The lowest BCUT2D eigenvalue weighted by Crippen LogP contribution is -2.13. The van der Waals surface area contributed by atoms with E-state index in [0.29, 0.717) is 15.9 Å². The summed E-state index contributed by atoms with van der Waals surface area (Å²) in [6.45, 7) is 0. The highest BCUT2D eigenvalue weighted by Crippen LogP contribution is 2.35. The van der Waals surface area contributed by atoms with Gasteiger partial charge in [0.25, 0.3) is 0 Å². The molecule has 1 saturated heterocycles. The first-order valence-corrected chi connectivity index (χ1v) is 5.92. The van der Waals surface area contributed by atoms with E-state index in [0.717, 1.165) is 12.0 Å². The minimum absolute atomic E-state index is 0.0176. The van der Waals surface area contributed by atoms with Crippen molar-refractivity contribution in [3.8, 4) is 0 Å². The number of halogens is 3. The Morgan fingerprint density at radius 1 is 1.33 bits per heavy atom. The summed E-state index contributed by atoms with van der Waals surface area (Å²) < 4.78 is 0. The minimum Gasteiger partial charge on any atom is -0.297 e. The lowest BCUT2D eigenvalue weighted by atomic mass is 10.0. The smallest absolute Gasteiger partial charge is 0.0944 e. The van der Waals surface area contributed by atoms with Gasteiger partial charge >= 0.3 is 0 Å². The molecular formula is C10H10Cl3NO. The summed E-state index contributed by atoms with van der Waals surface area (Å²) in [4.78, 5) is 5.28. The van der Waals surface area contributed by atoms with Gasteiger partial charge in [-0.1, -0.05) is 29.3 Å². The Labute approximate surface area is 103 Å². The van der Waals surface area contributed by atoms with Crippen molar-refractivity contribution in [3.63, 3.8) is 0 Å². The first-order valence-electron chi connectivity index (χ1n) is 4.63. The van der Waals surface area contributed by atoms with E-state index in [1.54, 1.807) is 0 Å². The number of hydrogen-bond donors (Lipinski definition) is 1. The quantitative estimate of drug-likeness (QED) is 0.826. The van der Waals surface area contributed by atoms with Crippen LogP contribution < -0.4 is 5.48 Å². The number of nitrogens with one attached hydrogen (secondary N) is 1. The number of alkyl halides is 1. The molecule has 0 radical (unpaired) electrons.